The number of aliphatic imine (C=N–C) groups is 1. The van der Waals surface area contributed by atoms with Crippen molar-refractivity contribution in [1.29, 1.82) is 0 Å². The molecular weight excluding hydrogens is 340 g/mol. The van der Waals surface area contributed by atoms with Gasteiger partial charge in [-0.2, -0.15) is 0 Å². The fraction of sp³-hybridized carbons (Fsp3) is 0.286. The number of aromatic nitrogens is 2. The number of benzene rings is 1. The molecule has 1 fully saturated rings. The number of fused-ring (bicyclic) bond motifs is 2. The lowest BCUT2D eigenvalue weighted by Gasteiger charge is -2.23. The summed E-state index contributed by atoms with van der Waals surface area (Å²) in [6, 6.07) is 12.2. The molecule has 5 rings (SSSR count). The van der Waals surface area contributed by atoms with Gasteiger partial charge in [-0.1, -0.05) is 6.07 Å². The maximum absolute atomic E-state index is 6.14. The number of nitrogens with one attached hydrogen (secondary N) is 1. The molecule has 1 saturated heterocycles. The van der Waals surface area contributed by atoms with Gasteiger partial charge in [-0.15, -0.1) is 0 Å². The van der Waals surface area contributed by atoms with Crippen LogP contribution in [0.15, 0.2) is 53.8 Å². The van der Waals surface area contributed by atoms with Crippen LogP contribution in [0.5, 0.6) is 5.88 Å². The van der Waals surface area contributed by atoms with E-state index in [9.17, 15) is 0 Å². The van der Waals surface area contributed by atoms with Crippen molar-refractivity contribution in [2.45, 2.75) is 25.5 Å². The van der Waals surface area contributed by atoms with Crippen molar-refractivity contribution in [2.75, 3.05) is 18.5 Å². The standard InChI is InChI=1S/C21H20N4O2/c1-2-15-13-24-20(19(15)22-8-1)25-16-3-4-18-14(12-16)5-9-23-21(18)27-17-6-10-26-11-7-17/h1-5,8-9,12,17H,6-7,10-11,13H2,(H,24,25). The van der Waals surface area contributed by atoms with Crippen molar-refractivity contribution >= 4 is 22.3 Å². The van der Waals surface area contributed by atoms with E-state index in [4.69, 9.17) is 9.47 Å². The predicted molar refractivity (Wildman–Crippen MR) is 104 cm³/mol. The Balaban J connectivity index is 1.40. The van der Waals surface area contributed by atoms with Gasteiger partial charge in [-0.25, -0.2) is 4.98 Å². The van der Waals surface area contributed by atoms with E-state index in [0.717, 1.165) is 59.6 Å². The third kappa shape index (κ3) is 3.24. The second-order valence-corrected chi connectivity index (χ2v) is 6.78. The van der Waals surface area contributed by atoms with Crippen LogP contribution in [0.1, 0.15) is 24.1 Å². The van der Waals surface area contributed by atoms with Gasteiger partial charge in [0, 0.05) is 41.9 Å². The average molecular weight is 360 g/mol. The van der Waals surface area contributed by atoms with E-state index in [2.05, 4.69) is 32.4 Å². The zero-order valence-corrected chi connectivity index (χ0v) is 14.9. The molecule has 0 amide bonds. The van der Waals surface area contributed by atoms with Crippen molar-refractivity contribution in [3.8, 4) is 5.88 Å². The first kappa shape index (κ1) is 16.2. The highest BCUT2D eigenvalue weighted by molar-refractivity contribution is 6.10. The number of rotatable bonds is 3. The van der Waals surface area contributed by atoms with Crippen LogP contribution < -0.4 is 10.1 Å². The highest BCUT2D eigenvalue weighted by Gasteiger charge is 2.19. The summed E-state index contributed by atoms with van der Waals surface area (Å²) in [6.45, 7) is 2.17. The van der Waals surface area contributed by atoms with Gasteiger partial charge >= 0.3 is 0 Å². The number of hydrogen-bond acceptors (Lipinski definition) is 6. The highest BCUT2D eigenvalue weighted by atomic mass is 16.5. The van der Waals surface area contributed by atoms with E-state index in [1.165, 1.54) is 0 Å². The van der Waals surface area contributed by atoms with Gasteiger partial charge in [0.05, 0.1) is 19.8 Å². The normalized spacial score (nSPS) is 16.8. The van der Waals surface area contributed by atoms with Crippen molar-refractivity contribution < 1.29 is 9.47 Å². The molecule has 3 aromatic rings. The molecule has 4 heterocycles. The number of amidine groups is 1. The maximum atomic E-state index is 6.14. The Labute approximate surface area is 157 Å². The van der Waals surface area contributed by atoms with Gasteiger partial charge in [-0.3, -0.25) is 9.98 Å². The number of hydrogen-bond donors (Lipinski definition) is 1. The lowest BCUT2D eigenvalue weighted by molar-refractivity contribution is 0.0244. The minimum absolute atomic E-state index is 0.171. The maximum Gasteiger partial charge on any atom is 0.221 e. The van der Waals surface area contributed by atoms with Gasteiger partial charge < -0.3 is 14.8 Å². The van der Waals surface area contributed by atoms with Crippen LogP contribution in [-0.4, -0.2) is 35.1 Å². The molecule has 0 aliphatic carbocycles. The number of anilines is 1. The summed E-state index contributed by atoms with van der Waals surface area (Å²) in [5.41, 5.74) is 3.05. The van der Waals surface area contributed by atoms with Crippen LogP contribution in [0, 0.1) is 0 Å². The average Bonchev–Trinajstić information content (AvgIpc) is 3.12. The Kier molecular flexibility index (Phi) is 4.18. The molecule has 0 bridgehead atoms. The molecule has 6 nitrogen and oxygen atoms in total. The molecule has 2 aliphatic rings. The first-order valence-electron chi connectivity index (χ1n) is 9.26. The SMILES string of the molecule is c1cnc2c(c1)CN=C2Nc1ccc2c(OC3CCOCC3)nccc2c1. The van der Waals surface area contributed by atoms with Crippen LogP contribution in [0.2, 0.25) is 0 Å². The summed E-state index contributed by atoms with van der Waals surface area (Å²) in [6.07, 6.45) is 5.58. The molecule has 0 atom stereocenters. The number of ether oxygens (including phenoxy) is 2. The second-order valence-electron chi connectivity index (χ2n) is 6.78. The highest BCUT2D eigenvalue weighted by Crippen LogP contribution is 2.28. The largest absolute Gasteiger partial charge is 0.474 e. The Morgan fingerprint density at radius 2 is 1.96 bits per heavy atom. The quantitative estimate of drug-likeness (QED) is 0.773. The van der Waals surface area contributed by atoms with Crippen LogP contribution in [0.4, 0.5) is 5.69 Å². The smallest absolute Gasteiger partial charge is 0.221 e. The Morgan fingerprint density at radius 3 is 2.89 bits per heavy atom. The van der Waals surface area contributed by atoms with Gasteiger partial charge in [0.1, 0.15) is 11.8 Å². The van der Waals surface area contributed by atoms with Gasteiger partial charge in [0.25, 0.3) is 0 Å². The summed E-state index contributed by atoms with van der Waals surface area (Å²) in [5.74, 6) is 1.51. The Hall–Kier alpha value is -2.99. The van der Waals surface area contributed by atoms with Gasteiger partial charge in [-0.05, 0) is 35.7 Å². The lowest BCUT2D eigenvalue weighted by Crippen LogP contribution is -2.26. The number of pyridine rings is 2. The topological polar surface area (TPSA) is 68.6 Å². The van der Waals surface area contributed by atoms with E-state index >= 15 is 0 Å². The zero-order valence-electron chi connectivity index (χ0n) is 14.9. The lowest BCUT2D eigenvalue weighted by atomic mass is 10.1. The fourth-order valence-electron chi connectivity index (χ4n) is 3.53. The summed E-state index contributed by atoms with van der Waals surface area (Å²) in [5, 5.41) is 5.50. The number of nitrogens with zero attached hydrogens (tertiary/aromatic N) is 3. The zero-order chi connectivity index (χ0) is 18.1. The minimum Gasteiger partial charge on any atom is -0.474 e. The molecule has 136 valence electrons. The molecule has 2 aliphatic heterocycles. The first-order valence-corrected chi connectivity index (χ1v) is 9.26. The molecule has 0 saturated carbocycles. The van der Waals surface area contributed by atoms with Crippen molar-refractivity contribution in [2.24, 2.45) is 4.99 Å². The third-order valence-electron chi connectivity index (χ3n) is 4.96. The molecule has 2 aromatic heterocycles. The molecule has 1 aromatic carbocycles. The molecular formula is C21H20N4O2. The van der Waals surface area contributed by atoms with Gasteiger partial charge in [0.15, 0.2) is 5.84 Å². The molecule has 27 heavy (non-hydrogen) atoms. The summed E-state index contributed by atoms with van der Waals surface area (Å²) >= 11 is 0. The Bertz CT molecular complexity index is 1010. The first-order chi connectivity index (χ1) is 13.4. The van der Waals surface area contributed by atoms with E-state index in [0.29, 0.717) is 12.4 Å². The monoisotopic (exact) mass is 360 g/mol. The molecule has 0 unspecified atom stereocenters. The van der Waals surface area contributed by atoms with Crippen molar-refractivity contribution in [3.05, 3.63) is 60.0 Å². The van der Waals surface area contributed by atoms with E-state index in [1.807, 2.05) is 24.3 Å². The summed E-state index contributed by atoms with van der Waals surface area (Å²) < 4.78 is 11.5. The Morgan fingerprint density at radius 1 is 1.04 bits per heavy atom. The van der Waals surface area contributed by atoms with Crippen LogP contribution in [0.3, 0.4) is 0 Å². The van der Waals surface area contributed by atoms with E-state index in [1.54, 1.807) is 12.4 Å². The van der Waals surface area contributed by atoms with E-state index < -0.39 is 0 Å². The summed E-state index contributed by atoms with van der Waals surface area (Å²) in [4.78, 5) is 13.5. The van der Waals surface area contributed by atoms with Crippen molar-refractivity contribution in [1.82, 2.24) is 9.97 Å². The third-order valence-corrected chi connectivity index (χ3v) is 4.96. The predicted octanol–water partition coefficient (Wildman–Crippen LogP) is 3.56. The molecule has 1 N–H and O–H groups in total. The van der Waals surface area contributed by atoms with Crippen LogP contribution >= 0.6 is 0 Å². The fourth-order valence-corrected chi connectivity index (χ4v) is 3.53. The van der Waals surface area contributed by atoms with Crippen LogP contribution in [0.25, 0.3) is 10.8 Å². The molecule has 0 radical (unpaired) electrons. The second kappa shape index (κ2) is 6.96. The summed E-state index contributed by atoms with van der Waals surface area (Å²) in [7, 11) is 0. The van der Waals surface area contributed by atoms with E-state index in [-0.39, 0.29) is 6.10 Å². The molecule has 6 heteroatoms. The minimum atomic E-state index is 0.171. The van der Waals surface area contributed by atoms with Crippen molar-refractivity contribution in [3.63, 3.8) is 0 Å². The van der Waals surface area contributed by atoms with Crippen LogP contribution in [-0.2, 0) is 11.3 Å². The molecule has 0 spiro atoms. The van der Waals surface area contributed by atoms with Gasteiger partial charge in [0.2, 0.25) is 5.88 Å².